The lowest BCUT2D eigenvalue weighted by molar-refractivity contribution is -0.416. The van der Waals surface area contributed by atoms with Crippen LogP contribution in [0.5, 0.6) is 0 Å². The molecule has 0 radical (unpaired) electrons. The lowest BCUT2D eigenvalue weighted by Crippen LogP contribution is -2.58. The molecule has 2 aromatic carbocycles. The number of nitro groups is 1. The van der Waals surface area contributed by atoms with E-state index in [9.17, 15) is 10.1 Å². The van der Waals surface area contributed by atoms with E-state index in [4.69, 9.17) is 5.73 Å². The van der Waals surface area contributed by atoms with Crippen LogP contribution in [0.2, 0.25) is 0 Å². The third-order valence-corrected chi connectivity index (χ3v) is 5.58. The fourth-order valence-corrected chi connectivity index (χ4v) is 3.99. The van der Waals surface area contributed by atoms with E-state index in [0.29, 0.717) is 24.7 Å². The van der Waals surface area contributed by atoms with E-state index >= 15 is 0 Å². The summed E-state index contributed by atoms with van der Waals surface area (Å²) in [6, 6.07) is 14.1. The normalized spacial score (nSPS) is 22.5. The molecule has 1 atom stereocenters. The van der Waals surface area contributed by atoms with Gasteiger partial charge in [-0.05, 0) is 48.2 Å². The third kappa shape index (κ3) is 4.38. The number of hydrogen-bond donors (Lipinski definition) is 4. The quantitative estimate of drug-likeness (QED) is 0.438. The lowest BCUT2D eigenvalue weighted by Gasteiger charge is -2.32. The Labute approximate surface area is 169 Å². The predicted octanol–water partition coefficient (Wildman–Crippen LogP) is 1.70. The molecule has 2 aromatic rings. The fraction of sp³-hybridized carbons (Fsp3) is 0.381. The van der Waals surface area contributed by atoms with Crippen LogP contribution in [-0.4, -0.2) is 36.6 Å². The summed E-state index contributed by atoms with van der Waals surface area (Å²) >= 11 is 0. The molecule has 0 bridgehead atoms. The molecule has 29 heavy (non-hydrogen) atoms. The molecule has 2 aliphatic rings. The number of benzene rings is 2. The number of nitrogens with zero attached hydrogens (tertiary/aromatic N) is 2. The molecule has 152 valence electrons. The Morgan fingerprint density at radius 2 is 1.97 bits per heavy atom. The first-order chi connectivity index (χ1) is 14.0. The SMILES string of the molecule is NC1(Cc2cccc3ccccc23)N=CC([N+](=O)[O-])=C(NCC2CCNCC2)N1. The maximum absolute atomic E-state index is 11.5. The number of piperidine rings is 1. The van der Waals surface area contributed by atoms with Crippen molar-refractivity contribution in [3.05, 3.63) is 69.7 Å². The smallest absolute Gasteiger partial charge is 0.326 e. The van der Waals surface area contributed by atoms with Gasteiger partial charge in [0.15, 0.2) is 11.6 Å². The molecule has 1 saturated heterocycles. The summed E-state index contributed by atoms with van der Waals surface area (Å²) in [6.45, 7) is 2.62. The predicted molar refractivity (Wildman–Crippen MR) is 114 cm³/mol. The van der Waals surface area contributed by atoms with Gasteiger partial charge in [0.2, 0.25) is 0 Å². The summed E-state index contributed by atoms with van der Waals surface area (Å²) in [5.41, 5.74) is 7.48. The van der Waals surface area contributed by atoms with Gasteiger partial charge in [0, 0.05) is 13.0 Å². The summed E-state index contributed by atoms with van der Waals surface area (Å²) in [5.74, 6) is -0.339. The van der Waals surface area contributed by atoms with Crippen molar-refractivity contribution in [2.75, 3.05) is 19.6 Å². The molecule has 0 amide bonds. The van der Waals surface area contributed by atoms with Crippen molar-refractivity contribution in [2.24, 2.45) is 16.6 Å². The topological polar surface area (TPSA) is 118 Å². The summed E-state index contributed by atoms with van der Waals surface area (Å²) in [6.07, 6.45) is 3.78. The average molecular weight is 394 g/mol. The van der Waals surface area contributed by atoms with E-state index in [2.05, 4.69) is 39.1 Å². The molecule has 0 spiro atoms. The maximum Gasteiger partial charge on any atom is 0.326 e. The van der Waals surface area contributed by atoms with Crippen LogP contribution < -0.4 is 21.7 Å². The Morgan fingerprint density at radius 1 is 1.21 bits per heavy atom. The van der Waals surface area contributed by atoms with Crippen molar-refractivity contribution in [3.8, 4) is 0 Å². The summed E-state index contributed by atoms with van der Waals surface area (Å²) in [4.78, 5) is 15.4. The van der Waals surface area contributed by atoms with Crippen LogP contribution in [0.15, 0.2) is 59.0 Å². The number of aliphatic imine (C=N–C) groups is 1. The molecule has 0 aliphatic carbocycles. The molecule has 1 unspecified atom stereocenters. The minimum atomic E-state index is -1.15. The highest BCUT2D eigenvalue weighted by Gasteiger charge is 2.34. The maximum atomic E-state index is 11.5. The second-order valence-electron chi connectivity index (χ2n) is 7.71. The van der Waals surface area contributed by atoms with Crippen LogP contribution in [0.25, 0.3) is 10.8 Å². The van der Waals surface area contributed by atoms with Gasteiger partial charge >= 0.3 is 5.70 Å². The van der Waals surface area contributed by atoms with Crippen LogP contribution in [-0.2, 0) is 6.42 Å². The highest BCUT2D eigenvalue weighted by atomic mass is 16.6. The number of rotatable bonds is 6. The molecule has 1 fully saturated rings. The monoisotopic (exact) mass is 394 g/mol. The molecular formula is C21H26N6O2. The standard InChI is InChI=1S/C21H26N6O2/c22-21(12-17-6-3-5-16-4-1-2-7-18(16)17)25-14-19(27(28)29)20(26-21)24-13-15-8-10-23-11-9-15/h1-7,14-15,23-24,26H,8-13,22H2. The number of nitrogens with two attached hydrogens (primary N) is 1. The van der Waals surface area contributed by atoms with Crippen molar-refractivity contribution in [2.45, 2.75) is 25.0 Å². The average Bonchev–Trinajstić information content (AvgIpc) is 2.73. The van der Waals surface area contributed by atoms with Gasteiger partial charge in [0.1, 0.15) is 6.21 Å². The molecule has 0 aromatic heterocycles. The molecule has 8 heteroatoms. The number of fused-ring (bicyclic) bond motifs is 1. The van der Waals surface area contributed by atoms with Crippen molar-refractivity contribution in [1.82, 2.24) is 16.0 Å². The van der Waals surface area contributed by atoms with Crippen molar-refractivity contribution < 1.29 is 4.92 Å². The van der Waals surface area contributed by atoms with Gasteiger partial charge in [0.25, 0.3) is 0 Å². The highest BCUT2D eigenvalue weighted by Crippen LogP contribution is 2.24. The lowest BCUT2D eigenvalue weighted by atomic mass is 9.98. The van der Waals surface area contributed by atoms with E-state index in [1.165, 1.54) is 6.21 Å². The second-order valence-corrected chi connectivity index (χ2v) is 7.71. The molecular weight excluding hydrogens is 368 g/mol. The largest absolute Gasteiger partial charge is 0.366 e. The van der Waals surface area contributed by atoms with Crippen molar-refractivity contribution >= 4 is 17.0 Å². The van der Waals surface area contributed by atoms with E-state index in [0.717, 1.165) is 42.3 Å². The Hall–Kier alpha value is -2.97. The van der Waals surface area contributed by atoms with Gasteiger partial charge in [-0.25, -0.2) is 4.99 Å². The molecule has 2 aliphatic heterocycles. The van der Waals surface area contributed by atoms with Gasteiger partial charge in [-0.15, -0.1) is 0 Å². The summed E-state index contributed by atoms with van der Waals surface area (Å²) < 4.78 is 0. The van der Waals surface area contributed by atoms with Crippen molar-refractivity contribution in [3.63, 3.8) is 0 Å². The van der Waals surface area contributed by atoms with Crippen LogP contribution in [0.3, 0.4) is 0 Å². The Morgan fingerprint density at radius 3 is 2.76 bits per heavy atom. The molecule has 0 saturated carbocycles. The van der Waals surface area contributed by atoms with Gasteiger partial charge < -0.3 is 16.0 Å². The minimum absolute atomic E-state index is 0.0853. The van der Waals surface area contributed by atoms with Crippen LogP contribution in [0.1, 0.15) is 18.4 Å². The van der Waals surface area contributed by atoms with Gasteiger partial charge in [-0.1, -0.05) is 42.5 Å². The Kier molecular flexibility index (Phi) is 5.46. The summed E-state index contributed by atoms with van der Waals surface area (Å²) in [5, 5.41) is 23.4. The number of hydrogen-bond acceptors (Lipinski definition) is 7. The van der Waals surface area contributed by atoms with Gasteiger partial charge in [-0.3, -0.25) is 15.8 Å². The zero-order valence-corrected chi connectivity index (χ0v) is 16.2. The van der Waals surface area contributed by atoms with Crippen molar-refractivity contribution in [1.29, 1.82) is 0 Å². The van der Waals surface area contributed by atoms with Gasteiger partial charge in [0.05, 0.1) is 4.92 Å². The molecule has 4 rings (SSSR count). The molecule has 5 N–H and O–H groups in total. The van der Waals surface area contributed by atoms with E-state index in [1.807, 2.05) is 24.3 Å². The Bertz CT molecular complexity index is 961. The minimum Gasteiger partial charge on any atom is -0.366 e. The molecule has 8 nitrogen and oxygen atoms in total. The van der Waals surface area contributed by atoms with Crippen LogP contribution in [0, 0.1) is 16.0 Å². The first-order valence-electron chi connectivity index (χ1n) is 9.96. The number of allylic oxidation sites excluding steroid dienone is 1. The first kappa shape index (κ1) is 19.4. The second kappa shape index (κ2) is 8.18. The van der Waals surface area contributed by atoms with E-state index in [1.54, 1.807) is 0 Å². The number of nitrogens with one attached hydrogen (secondary N) is 3. The van der Waals surface area contributed by atoms with E-state index in [-0.39, 0.29) is 5.70 Å². The zero-order chi connectivity index (χ0) is 20.3. The highest BCUT2D eigenvalue weighted by molar-refractivity contribution is 5.86. The molecule has 2 heterocycles. The fourth-order valence-electron chi connectivity index (χ4n) is 3.99. The Balaban J connectivity index is 1.54. The zero-order valence-electron chi connectivity index (χ0n) is 16.2. The summed E-state index contributed by atoms with van der Waals surface area (Å²) in [7, 11) is 0. The van der Waals surface area contributed by atoms with E-state index < -0.39 is 10.7 Å². The third-order valence-electron chi connectivity index (χ3n) is 5.58. The van der Waals surface area contributed by atoms with Crippen LogP contribution in [0.4, 0.5) is 0 Å². The van der Waals surface area contributed by atoms with Gasteiger partial charge in [-0.2, -0.15) is 0 Å². The first-order valence-corrected chi connectivity index (χ1v) is 9.96. The van der Waals surface area contributed by atoms with Crippen LogP contribution >= 0.6 is 0 Å².